The summed E-state index contributed by atoms with van der Waals surface area (Å²) in [6.07, 6.45) is 1.34. The summed E-state index contributed by atoms with van der Waals surface area (Å²) < 4.78 is 15.4. The molecule has 0 N–H and O–H groups in total. The summed E-state index contributed by atoms with van der Waals surface area (Å²) in [4.78, 5) is 23.4. The van der Waals surface area contributed by atoms with Crippen LogP contribution in [-0.4, -0.2) is 31.3 Å². The summed E-state index contributed by atoms with van der Waals surface area (Å²) in [6.45, 7) is 2.35. The van der Waals surface area contributed by atoms with E-state index in [0.717, 1.165) is 5.56 Å². The summed E-state index contributed by atoms with van der Waals surface area (Å²) in [5.41, 5.74) is 1.37. The second-order valence-electron chi connectivity index (χ2n) is 4.58. The fourth-order valence-corrected chi connectivity index (χ4v) is 1.92. The highest BCUT2D eigenvalue weighted by atomic mass is 16.6. The van der Waals surface area contributed by atoms with E-state index in [0.29, 0.717) is 18.6 Å². The van der Waals surface area contributed by atoms with E-state index in [-0.39, 0.29) is 13.2 Å². The molecule has 1 aromatic rings. The maximum atomic E-state index is 11.9. The van der Waals surface area contributed by atoms with Gasteiger partial charge in [-0.3, -0.25) is 0 Å². The van der Waals surface area contributed by atoms with Gasteiger partial charge >= 0.3 is 11.9 Å². The molecule has 0 fully saturated rings. The Hall–Kier alpha value is -2.14. The van der Waals surface area contributed by atoms with E-state index in [1.165, 1.54) is 0 Å². The number of esters is 2. The number of ether oxygens (including phenoxy) is 3. The van der Waals surface area contributed by atoms with Gasteiger partial charge in [0.25, 0.3) is 0 Å². The van der Waals surface area contributed by atoms with E-state index >= 15 is 0 Å². The second kappa shape index (κ2) is 7.59. The lowest BCUT2D eigenvalue weighted by atomic mass is 10.1. The van der Waals surface area contributed by atoms with Crippen molar-refractivity contribution in [1.82, 2.24) is 0 Å². The molecular weight excluding hydrogens is 272 g/mol. The van der Waals surface area contributed by atoms with Crippen LogP contribution in [0.25, 0.3) is 0 Å². The fraction of sp³-hybridized carbons (Fsp3) is 0.375. The minimum atomic E-state index is -0.660. The Bertz CT molecular complexity index is 521. The van der Waals surface area contributed by atoms with Crippen LogP contribution in [0.4, 0.5) is 0 Å². The number of rotatable bonds is 5. The average molecular weight is 290 g/mol. The highest BCUT2D eigenvalue weighted by Gasteiger charge is 2.26. The van der Waals surface area contributed by atoms with Crippen LogP contribution < -0.4 is 0 Å². The van der Waals surface area contributed by atoms with Crippen molar-refractivity contribution < 1.29 is 23.8 Å². The summed E-state index contributed by atoms with van der Waals surface area (Å²) in [5.74, 6) is -0.813. The summed E-state index contributed by atoms with van der Waals surface area (Å²) in [5, 5.41) is 0. The lowest BCUT2D eigenvalue weighted by molar-refractivity contribution is -0.159. The SMILES string of the molecule is CCOC(=O)C1=CC[C@H](C(=O)OCc2ccccc2)OC1. The Morgan fingerprint density at radius 2 is 2.00 bits per heavy atom. The van der Waals surface area contributed by atoms with Crippen LogP contribution in [0.1, 0.15) is 18.9 Å². The zero-order valence-corrected chi connectivity index (χ0v) is 11.9. The molecule has 1 heterocycles. The molecule has 1 aromatic carbocycles. The Balaban J connectivity index is 1.81. The van der Waals surface area contributed by atoms with Crippen LogP contribution in [0.15, 0.2) is 42.0 Å². The number of carbonyl (C=O) groups is 2. The molecule has 0 aliphatic carbocycles. The topological polar surface area (TPSA) is 61.8 Å². The predicted molar refractivity (Wildman–Crippen MR) is 75.3 cm³/mol. The summed E-state index contributed by atoms with van der Waals surface area (Å²) in [6, 6.07) is 9.43. The van der Waals surface area contributed by atoms with E-state index in [2.05, 4.69) is 0 Å². The molecule has 5 heteroatoms. The Labute approximate surface area is 123 Å². The average Bonchev–Trinajstić information content (AvgIpc) is 2.54. The molecule has 0 saturated heterocycles. The molecule has 0 aromatic heterocycles. The van der Waals surface area contributed by atoms with Crippen molar-refractivity contribution in [2.45, 2.75) is 26.1 Å². The molecule has 5 nitrogen and oxygen atoms in total. The number of hydrogen-bond donors (Lipinski definition) is 0. The first-order valence-corrected chi connectivity index (χ1v) is 6.89. The van der Waals surface area contributed by atoms with Crippen molar-refractivity contribution in [3.05, 3.63) is 47.5 Å². The molecule has 1 aliphatic heterocycles. The van der Waals surface area contributed by atoms with E-state index in [9.17, 15) is 9.59 Å². The van der Waals surface area contributed by atoms with Crippen molar-refractivity contribution in [2.24, 2.45) is 0 Å². The molecule has 0 spiro atoms. The molecule has 1 atom stereocenters. The van der Waals surface area contributed by atoms with Gasteiger partial charge in [0.2, 0.25) is 0 Å². The van der Waals surface area contributed by atoms with Gasteiger partial charge in [-0.1, -0.05) is 36.4 Å². The number of carbonyl (C=O) groups excluding carboxylic acids is 2. The van der Waals surface area contributed by atoms with Gasteiger partial charge in [-0.2, -0.15) is 0 Å². The van der Waals surface area contributed by atoms with E-state index < -0.39 is 18.0 Å². The fourth-order valence-electron chi connectivity index (χ4n) is 1.92. The van der Waals surface area contributed by atoms with E-state index in [1.807, 2.05) is 30.3 Å². The van der Waals surface area contributed by atoms with Gasteiger partial charge in [0.15, 0.2) is 6.10 Å². The van der Waals surface area contributed by atoms with Crippen LogP contribution in [0.2, 0.25) is 0 Å². The zero-order chi connectivity index (χ0) is 15.1. The van der Waals surface area contributed by atoms with Gasteiger partial charge in [0.05, 0.1) is 18.8 Å². The largest absolute Gasteiger partial charge is 0.463 e. The van der Waals surface area contributed by atoms with Crippen LogP contribution in [0.5, 0.6) is 0 Å². The quantitative estimate of drug-likeness (QED) is 0.776. The van der Waals surface area contributed by atoms with E-state index in [1.54, 1.807) is 13.0 Å². The molecule has 0 radical (unpaired) electrons. The Morgan fingerprint density at radius 1 is 1.24 bits per heavy atom. The van der Waals surface area contributed by atoms with Crippen molar-refractivity contribution in [3.8, 4) is 0 Å². The van der Waals surface area contributed by atoms with Gasteiger partial charge in [-0.05, 0) is 12.5 Å². The lowest BCUT2D eigenvalue weighted by Gasteiger charge is -2.20. The molecule has 0 unspecified atom stereocenters. The highest BCUT2D eigenvalue weighted by Crippen LogP contribution is 2.15. The zero-order valence-electron chi connectivity index (χ0n) is 11.9. The normalized spacial score (nSPS) is 17.8. The molecular formula is C16H18O5. The maximum absolute atomic E-state index is 11.9. The predicted octanol–water partition coefficient (Wildman–Crippen LogP) is 2.01. The molecule has 2 rings (SSSR count). The van der Waals surface area contributed by atoms with Crippen molar-refractivity contribution in [3.63, 3.8) is 0 Å². The third-order valence-corrected chi connectivity index (χ3v) is 3.04. The summed E-state index contributed by atoms with van der Waals surface area (Å²) >= 11 is 0. The highest BCUT2D eigenvalue weighted by molar-refractivity contribution is 5.89. The Morgan fingerprint density at radius 3 is 2.62 bits per heavy atom. The van der Waals surface area contributed by atoms with Crippen molar-refractivity contribution in [2.75, 3.05) is 13.2 Å². The molecule has 0 bridgehead atoms. The van der Waals surface area contributed by atoms with Gasteiger partial charge in [-0.25, -0.2) is 9.59 Å². The molecule has 0 saturated carbocycles. The minimum Gasteiger partial charge on any atom is -0.463 e. The molecule has 0 amide bonds. The van der Waals surface area contributed by atoms with Crippen molar-refractivity contribution >= 4 is 11.9 Å². The third-order valence-electron chi connectivity index (χ3n) is 3.04. The first-order valence-electron chi connectivity index (χ1n) is 6.89. The number of hydrogen-bond acceptors (Lipinski definition) is 5. The lowest BCUT2D eigenvalue weighted by Crippen LogP contribution is -2.31. The standard InChI is InChI=1S/C16H18O5/c1-2-19-15(17)13-8-9-14(20-11-13)16(18)21-10-12-6-4-3-5-7-12/h3-8,14H,2,9-11H2,1H3/t14-/m1/s1. The van der Waals surface area contributed by atoms with Gasteiger partial charge in [-0.15, -0.1) is 0 Å². The smallest absolute Gasteiger partial charge is 0.336 e. The molecule has 21 heavy (non-hydrogen) atoms. The monoisotopic (exact) mass is 290 g/mol. The van der Waals surface area contributed by atoms with Crippen LogP contribution in [-0.2, 0) is 30.4 Å². The second-order valence-corrected chi connectivity index (χ2v) is 4.58. The van der Waals surface area contributed by atoms with E-state index in [4.69, 9.17) is 14.2 Å². The first kappa shape index (κ1) is 15.3. The third kappa shape index (κ3) is 4.43. The summed E-state index contributed by atoms with van der Waals surface area (Å²) in [7, 11) is 0. The van der Waals surface area contributed by atoms with Crippen LogP contribution in [0.3, 0.4) is 0 Å². The molecule has 1 aliphatic rings. The van der Waals surface area contributed by atoms with Crippen molar-refractivity contribution in [1.29, 1.82) is 0 Å². The number of benzene rings is 1. The minimum absolute atomic E-state index is 0.0734. The van der Waals surface area contributed by atoms with Gasteiger partial charge in [0.1, 0.15) is 6.61 Å². The first-order chi connectivity index (χ1) is 10.2. The molecule has 112 valence electrons. The maximum Gasteiger partial charge on any atom is 0.336 e. The Kier molecular flexibility index (Phi) is 5.51. The van der Waals surface area contributed by atoms with Crippen LogP contribution >= 0.6 is 0 Å². The van der Waals surface area contributed by atoms with Gasteiger partial charge < -0.3 is 14.2 Å². The van der Waals surface area contributed by atoms with Gasteiger partial charge in [0, 0.05) is 6.42 Å². The van der Waals surface area contributed by atoms with Crippen LogP contribution in [0, 0.1) is 0 Å².